The zero-order valence-corrected chi connectivity index (χ0v) is 8.01. The third kappa shape index (κ3) is 1.55. The summed E-state index contributed by atoms with van der Waals surface area (Å²) in [5, 5.41) is 11.3. The largest absolute Gasteiger partial charge is 0.508 e. The zero-order chi connectivity index (χ0) is 9.26. The number of thiazole rings is 1. The highest BCUT2D eigenvalue weighted by atomic mass is 32.1. The SMILES string of the molecule is Cc1ccc(O)cc1-c1cscn1. The van der Waals surface area contributed by atoms with E-state index in [0.29, 0.717) is 0 Å². The van der Waals surface area contributed by atoms with Gasteiger partial charge in [0.25, 0.3) is 0 Å². The van der Waals surface area contributed by atoms with Crippen molar-refractivity contribution in [2.45, 2.75) is 6.92 Å². The van der Waals surface area contributed by atoms with Gasteiger partial charge in [0.1, 0.15) is 5.75 Å². The molecule has 0 saturated heterocycles. The van der Waals surface area contributed by atoms with E-state index in [1.54, 1.807) is 29.0 Å². The molecule has 0 amide bonds. The molecular formula is C10H9NOS. The number of rotatable bonds is 1. The summed E-state index contributed by atoms with van der Waals surface area (Å²) >= 11 is 1.56. The fourth-order valence-electron chi connectivity index (χ4n) is 1.23. The molecule has 1 N–H and O–H groups in total. The van der Waals surface area contributed by atoms with E-state index in [0.717, 1.165) is 16.8 Å². The number of aromatic hydroxyl groups is 1. The summed E-state index contributed by atoms with van der Waals surface area (Å²) in [6.07, 6.45) is 0. The Hall–Kier alpha value is -1.35. The summed E-state index contributed by atoms with van der Waals surface area (Å²) in [4.78, 5) is 4.20. The first kappa shape index (κ1) is 8.26. The van der Waals surface area contributed by atoms with Crippen molar-refractivity contribution in [3.8, 4) is 17.0 Å². The summed E-state index contributed by atoms with van der Waals surface area (Å²) in [5.41, 5.74) is 4.85. The molecule has 0 aliphatic rings. The highest BCUT2D eigenvalue weighted by Crippen LogP contribution is 2.26. The Bertz CT molecular complexity index is 409. The Morgan fingerprint density at radius 1 is 1.38 bits per heavy atom. The molecule has 3 heteroatoms. The van der Waals surface area contributed by atoms with E-state index in [9.17, 15) is 5.11 Å². The van der Waals surface area contributed by atoms with Crippen molar-refractivity contribution in [2.75, 3.05) is 0 Å². The number of nitrogens with zero attached hydrogens (tertiary/aromatic N) is 1. The van der Waals surface area contributed by atoms with Gasteiger partial charge in [0, 0.05) is 10.9 Å². The highest BCUT2D eigenvalue weighted by Gasteiger charge is 2.03. The lowest BCUT2D eigenvalue weighted by atomic mass is 10.1. The topological polar surface area (TPSA) is 33.1 Å². The van der Waals surface area contributed by atoms with E-state index in [2.05, 4.69) is 4.98 Å². The number of aromatic nitrogens is 1. The van der Waals surface area contributed by atoms with Gasteiger partial charge in [0.05, 0.1) is 11.2 Å². The molecule has 0 bridgehead atoms. The summed E-state index contributed by atoms with van der Waals surface area (Å²) < 4.78 is 0. The van der Waals surface area contributed by atoms with Crippen LogP contribution in [0.4, 0.5) is 0 Å². The Balaban J connectivity index is 2.57. The molecule has 0 radical (unpaired) electrons. The van der Waals surface area contributed by atoms with Gasteiger partial charge >= 0.3 is 0 Å². The number of phenols is 1. The van der Waals surface area contributed by atoms with Gasteiger partial charge in [0.15, 0.2) is 0 Å². The van der Waals surface area contributed by atoms with Crippen molar-refractivity contribution in [2.24, 2.45) is 0 Å². The number of hydrogen-bond acceptors (Lipinski definition) is 3. The Morgan fingerprint density at radius 3 is 2.92 bits per heavy atom. The standard InChI is InChI=1S/C10H9NOS/c1-7-2-3-8(12)4-9(7)10-5-13-6-11-10/h2-6,12H,1H3. The van der Waals surface area contributed by atoms with Crippen LogP contribution < -0.4 is 0 Å². The van der Waals surface area contributed by atoms with Gasteiger partial charge in [-0.2, -0.15) is 0 Å². The minimum atomic E-state index is 0.286. The second-order valence-electron chi connectivity index (χ2n) is 2.87. The predicted molar refractivity (Wildman–Crippen MR) is 54.0 cm³/mol. The second-order valence-corrected chi connectivity index (χ2v) is 3.59. The summed E-state index contributed by atoms with van der Waals surface area (Å²) in [7, 11) is 0. The first-order valence-electron chi connectivity index (χ1n) is 3.95. The fourth-order valence-corrected chi connectivity index (χ4v) is 1.78. The van der Waals surface area contributed by atoms with Crippen LogP contribution >= 0.6 is 11.3 Å². The lowest BCUT2D eigenvalue weighted by Crippen LogP contribution is -1.82. The van der Waals surface area contributed by atoms with Gasteiger partial charge in [0.2, 0.25) is 0 Å². The van der Waals surface area contributed by atoms with Gasteiger partial charge in [-0.3, -0.25) is 0 Å². The van der Waals surface area contributed by atoms with Crippen molar-refractivity contribution in [1.82, 2.24) is 4.98 Å². The van der Waals surface area contributed by atoms with Crippen molar-refractivity contribution in [1.29, 1.82) is 0 Å². The van der Waals surface area contributed by atoms with Gasteiger partial charge in [-0.1, -0.05) is 6.07 Å². The maximum atomic E-state index is 9.31. The minimum absolute atomic E-state index is 0.286. The van der Waals surface area contributed by atoms with Gasteiger partial charge in [-0.15, -0.1) is 11.3 Å². The van der Waals surface area contributed by atoms with Crippen molar-refractivity contribution < 1.29 is 5.11 Å². The van der Waals surface area contributed by atoms with Gasteiger partial charge in [-0.25, -0.2) is 4.98 Å². The van der Waals surface area contributed by atoms with Crippen LogP contribution in [0.25, 0.3) is 11.3 Å². The summed E-state index contributed by atoms with van der Waals surface area (Å²) in [6, 6.07) is 5.32. The first-order valence-corrected chi connectivity index (χ1v) is 4.90. The molecule has 2 aromatic rings. The molecule has 0 aliphatic carbocycles. The van der Waals surface area contributed by atoms with E-state index >= 15 is 0 Å². The van der Waals surface area contributed by atoms with E-state index in [-0.39, 0.29) is 5.75 Å². The van der Waals surface area contributed by atoms with Crippen LogP contribution in [0.15, 0.2) is 29.1 Å². The number of hydrogen-bond donors (Lipinski definition) is 1. The van der Waals surface area contributed by atoms with Crippen LogP contribution in [0, 0.1) is 6.92 Å². The van der Waals surface area contributed by atoms with Crippen LogP contribution in [0.3, 0.4) is 0 Å². The van der Waals surface area contributed by atoms with E-state index < -0.39 is 0 Å². The third-order valence-corrected chi connectivity index (χ3v) is 2.52. The number of benzene rings is 1. The van der Waals surface area contributed by atoms with Crippen molar-refractivity contribution in [3.05, 3.63) is 34.7 Å². The summed E-state index contributed by atoms with van der Waals surface area (Å²) in [5.74, 6) is 0.286. The Morgan fingerprint density at radius 2 is 2.23 bits per heavy atom. The average molecular weight is 191 g/mol. The van der Waals surface area contributed by atoms with Crippen molar-refractivity contribution >= 4 is 11.3 Å². The van der Waals surface area contributed by atoms with Crippen LogP contribution in [0.2, 0.25) is 0 Å². The number of aryl methyl sites for hydroxylation is 1. The van der Waals surface area contributed by atoms with Crippen LogP contribution in [0.5, 0.6) is 5.75 Å². The monoisotopic (exact) mass is 191 g/mol. The smallest absolute Gasteiger partial charge is 0.116 e. The van der Waals surface area contributed by atoms with Crippen LogP contribution in [-0.2, 0) is 0 Å². The third-order valence-electron chi connectivity index (χ3n) is 1.93. The highest BCUT2D eigenvalue weighted by molar-refractivity contribution is 7.07. The Kier molecular flexibility index (Phi) is 2.02. The molecule has 0 unspecified atom stereocenters. The Labute approximate surface area is 80.5 Å². The maximum Gasteiger partial charge on any atom is 0.116 e. The van der Waals surface area contributed by atoms with Gasteiger partial charge in [-0.05, 0) is 24.6 Å². The van der Waals surface area contributed by atoms with Gasteiger partial charge < -0.3 is 5.11 Å². The minimum Gasteiger partial charge on any atom is -0.508 e. The molecule has 0 fully saturated rings. The zero-order valence-electron chi connectivity index (χ0n) is 7.19. The molecule has 0 aliphatic heterocycles. The molecule has 1 aromatic carbocycles. The number of phenolic OH excluding ortho intramolecular Hbond substituents is 1. The first-order chi connectivity index (χ1) is 6.27. The lowest BCUT2D eigenvalue weighted by molar-refractivity contribution is 0.475. The predicted octanol–water partition coefficient (Wildman–Crippen LogP) is 2.82. The molecule has 2 rings (SSSR count). The molecule has 0 saturated carbocycles. The van der Waals surface area contributed by atoms with Crippen molar-refractivity contribution in [3.63, 3.8) is 0 Å². The molecule has 0 spiro atoms. The molecule has 66 valence electrons. The molecule has 13 heavy (non-hydrogen) atoms. The summed E-state index contributed by atoms with van der Waals surface area (Å²) in [6.45, 7) is 2.01. The maximum absolute atomic E-state index is 9.31. The average Bonchev–Trinajstić information content (AvgIpc) is 2.61. The molecular weight excluding hydrogens is 182 g/mol. The molecule has 0 atom stereocenters. The molecule has 2 nitrogen and oxygen atoms in total. The molecule has 1 heterocycles. The van der Waals surface area contributed by atoms with Crippen LogP contribution in [-0.4, -0.2) is 10.1 Å². The molecule has 1 aromatic heterocycles. The van der Waals surface area contributed by atoms with E-state index in [1.807, 2.05) is 18.4 Å². The van der Waals surface area contributed by atoms with Crippen LogP contribution in [0.1, 0.15) is 5.56 Å². The normalized spacial score (nSPS) is 10.2. The quantitative estimate of drug-likeness (QED) is 0.751. The fraction of sp³-hybridized carbons (Fsp3) is 0.100. The van der Waals surface area contributed by atoms with E-state index in [4.69, 9.17) is 0 Å². The van der Waals surface area contributed by atoms with E-state index in [1.165, 1.54) is 0 Å². The lowest BCUT2D eigenvalue weighted by Gasteiger charge is -2.02. The second kappa shape index (κ2) is 3.18.